The Bertz CT molecular complexity index is 728. The Kier molecular flexibility index (Phi) is 5.04. The van der Waals surface area contributed by atoms with E-state index in [-0.39, 0.29) is 23.9 Å². The zero-order chi connectivity index (χ0) is 18.9. The van der Waals surface area contributed by atoms with Crippen LogP contribution in [0.5, 0.6) is 0 Å². The van der Waals surface area contributed by atoms with Crippen LogP contribution >= 0.6 is 11.6 Å². The number of benzene rings is 1. The minimum atomic E-state index is -1.10. The van der Waals surface area contributed by atoms with Crippen molar-refractivity contribution >= 4 is 29.6 Å². The molecule has 0 saturated carbocycles. The summed E-state index contributed by atoms with van der Waals surface area (Å²) in [6.45, 7) is 0.579. The average Bonchev–Trinajstić information content (AvgIpc) is 2.81. The number of amides is 2. The minimum absolute atomic E-state index is 0.0371. The largest absolute Gasteiger partial charge is 0.480 e. The van der Waals surface area contributed by atoms with E-state index in [4.69, 9.17) is 21.4 Å². The molecule has 0 unspecified atom stereocenters. The molecule has 1 aromatic carbocycles. The molecule has 0 aliphatic carbocycles. The van der Waals surface area contributed by atoms with E-state index < -0.39 is 30.0 Å². The molecule has 2 heterocycles. The molecule has 0 atom stereocenters. The lowest BCUT2D eigenvalue weighted by Gasteiger charge is -2.37. The molecular weight excluding hydrogens is 367 g/mol. The smallest absolute Gasteiger partial charge is 0.411 e. The van der Waals surface area contributed by atoms with Gasteiger partial charge in [0.2, 0.25) is 5.91 Å². The summed E-state index contributed by atoms with van der Waals surface area (Å²) < 4.78 is 18.8. The van der Waals surface area contributed by atoms with E-state index in [0.717, 1.165) is 4.90 Å². The monoisotopic (exact) mass is 384 g/mol. The Morgan fingerprint density at radius 3 is 2.58 bits per heavy atom. The first-order valence-corrected chi connectivity index (χ1v) is 8.57. The van der Waals surface area contributed by atoms with Crippen LogP contribution in [-0.4, -0.2) is 64.7 Å². The number of rotatable bonds is 4. The van der Waals surface area contributed by atoms with E-state index in [1.807, 2.05) is 0 Å². The highest BCUT2D eigenvalue weighted by Gasteiger charge is 2.47. The van der Waals surface area contributed by atoms with Crippen molar-refractivity contribution in [2.24, 2.45) is 0 Å². The summed E-state index contributed by atoms with van der Waals surface area (Å²) in [4.78, 5) is 37.8. The van der Waals surface area contributed by atoms with Crippen LogP contribution in [-0.2, 0) is 20.7 Å². The molecular formula is C17H18ClFN2O5. The lowest BCUT2D eigenvalue weighted by atomic mass is 9.91. The van der Waals surface area contributed by atoms with Gasteiger partial charge in [-0.15, -0.1) is 0 Å². The highest BCUT2D eigenvalue weighted by molar-refractivity contribution is 6.30. The molecule has 2 saturated heterocycles. The van der Waals surface area contributed by atoms with Crippen LogP contribution in [0.15, 0.2) is 18.2 Å². The number of halogens is 2. The summed E-state index contributed by atoms with van der Waals surface area (Å²) >= 11 is 5.80. The van der Waals surface area contributed by atoms with Crippen molar-refractivity contribution in [3.8, 4) is 0 Å². The molecule has 140 valence electrons. The minimum Gasteiger partial charge on any atom is -0.480 e. The van der Waals surface area contributed by atoms with Gasteiger partial charge >= 0.3 is 12.1 Å². The van der Waals surface area contributed by atoms with Crippen LogP contribution in [0.3, 0.4) is 0 Å². The van der Waals surface area contributed by atoms with Gasteiger partial charge in [0.15, 0.2) is 0 Å². The Morgan fingerprint density at radius 1 is 1.27 bits per heavy atom. The topological polar surface area (TPSA) is 87.2 Å². The van der Waals surface area contributed by atoms with Crippen LogP contribution in [0.4, 0.5) is 9.18 Å². The molecule has 1 spiro atoms. The van der Waals surface area contributed by atoms with Gasteiger partial charge in [0.25, 0.3) is 0 Å². The Hall–Kier alpha value is -2.35. The third kappa shape index (κ3) is 4.07. The molecule has 3 rings (SSSR count). The van der Waals surface area contributed by atoms with Gasteiger partial charge in [0.1, 0.15) is 18.0 Å². The predicted molar refractivity (Wildman–Crippen MR) is 89.3 cm³/mol. The highest BCUT2D eigenvalue weighted by atomic mass is 35.5. The van der Waals surface area contributed by atoms with Gasteiger partial charge in [0, 0.05) is 31.0 Å². The molecule has 0 aromatic heterocycles. The third-order valence-electron chi connectivity index (χ3n) is 4.67. The second-order valence-corrected chi connectivity index (χ2v) is 7.07. The summed E-state index contributed by atoms with van der Waals surface area (Å²) in [6.07, 6.45) is 0.270. The third-order valence-corrected chi connectivity index (χ3v) is 4.89. The highest BCUT2D eigenvalue weighted by Crippen LogP contribution is 2.33. The van der Waals surface area contributed by atoms with Crippen LogP contribution in [0, 0.1) is 5.82 Å². The summed E-state index contributed by atoms with van der Waals surface area (Å²) in [5, 5.41) is 9.07. The molecule has 2 aliphatic rings. The first-order valence-electron chi connectivity index (χ1n) is 8.19. The second-order valence-electron chi connectivity index (χ2n) is 6.64. The van der Waals surface area contributed by atoms with Gasteiger partial charge in [-0.05, 0) is 23.8 Å². The Balaban J connectivity index is 1.57. The van der Waals surface area contributed by atoms with Crippen LogP contribution in [0.2, 0.25) is 5.02 Å². The molecule has 0 bridgehead atoms. The molecule has 2 aliphatic heterocycles. The first kappa shape index (κ1) is 18.4. The number of carbonyl (C=O) groups is 3. The van der Waals surface area contributed by atoms with E-state index in [9.17, 15) is 18.8 Å². The van der Waals surface area contributed by atoms with Crippen molar-refractivity contribution < 1.29 is 28.6 Å². The maximum absolute atomic E-state index is 13.4. The van der Waals surface area contributed by atoms with Crippen molar-refractivity contribution in [3.63, 3.8) is 0 Å². The van der Waals surface area contributed by atoms with Crippen LogP contribution < -0.4 is 0 Å². The maximum atomic E-state index is 13.4. The molecule has 1 aromatic rings. The van der Waals surface area contributed by atoms with E-state index in [1.165, 1.54) is 12.1 Å². The van der Waals surface area contributed by atoms with Gasteiger partial charge < -0.3 is 14.7 Å². The summed E-state index contributed by atoms with van der Waals surface area (Å²) in [6, 6.07) is 4.01. The quantitative estimate of drug-likeness (QED) is 0.857. The summed E-state index contributed by atoms with van der Waals surface area (Å²) in [7, 11) is 0. The predicted octanol–water partition coefficient (Wildman–Crippen LogP) is 1.92. The fourth-order valence-corrected chi connectivity index (χ4v) is 3.65. The van der Waals surface area contributed by atoms with E-state index in [1.54, 1.807) is 11.0 Å². The van der Waals surface area contributed by atoms with Crippen molar-refractivity contribution in [2.45, 2.75) is 24.9 Å². The molecule has 2 fully saturated rings. The molecule has 1 N–H and O–H groups in total. The van der Waals surface area contributed by atoms with Gasteiger partial charge in [-0.2, -0.15) is 0 Å². The van der Waals surface area contributed by atoms with Crippen molar-refractivity contribution in [1.82, 2.24) is 9.80 Å². The SMILES string of the molecule is O=C(O)CN1CC2(CCN(C(=O)Cc3cc(F)cc(Cl)c3)CC2)OC1=O. The van der Waals surface area contributed by atoms with Crippen molar-refractivity contribution in [3.05, 3.63) is 34.6 Å². The molecule has 9 heteroatoms. The number of carboxylic acids is 1. The lowest BCUT2D eigenvalue weighted by molar-refractivity contribution is -0.137. The summed E-state index contributed by atoms with van der Waals surface area (Å²) in [5.74, 6) is -1.75. The van der Waals surface area contributed by atoms with Crippen molar-refractivity contribution in [1.29, 1.82) is 0 Å². The second kappa shape index (κ2) is 7.11. The standard InChI is InChI=1S/C17H18ClFN2O5/c18-12-5-11(6-13(19)8-12)7-14(22)20-3-1-17(2-4-20)10-21(9-15(23)24)16(25)26-17/h5-6,8H,1-4,7,9-10H2,(H,23,24). The number of nitrogens with zero attached hydrogens (tertiary/aromatic N) is 2. The molecule has 7 nitrogen and oxygen atoms in total. The van der Waals surface area contributed by atoms with E-state index >= 15 is 0 Å². The van der Waals surface area contributed by atoms with Crippen LogP contribution in [0.1, 0.15) is 18.4 Å². The number of likely N-dealkylation sites (tertiary alicyclic amines) is 1. The number of carbonyl (C=O) groups excluding carboxylic acids is 2. The zero-order valence-electron chi connectivity index (χ0n) is 13.9. The van der Waals surface area contributed by atoms with E-state index in [0.29, 0.717) is 31.5 Å². The molecule has 26 heavy (non-hydrogen) atoms. The van der Waals surface area contributed by atoms with Crippen molar-refractivity contribution in [2.75, 3.05) is 26.2 Å². The molecule has 0 radical (unpaired) electrons. The molecule has 2 amide bonds. The lowest BCUT2D eigenvalue weighted by Crippen LogP contribution is -2.49. The number of piperidine rings is 1. The van der Waals surface area contributed by atoms with Gasteiger partial charge in [-0.3, -0.25) is 14.5 Å². The average molecular weight is 385 g/mol. The number of hydrogen-bond acceptors (Lipinski definition) is 4. The number of aliphatic carboxylic acids is 1. The van der Waals surface area contributed by atoms with E-state index in [2.05, 4.69) is 0 Å². The Labute approximate surface area is 154 Å². The normalized spacial score (nSPS) is 18.9. The number of carboxylic acid groups (broad SMARTS) is 1. The fraction of sp³-hybridized carbons (Fsp3) is 0.471. The maximum Gasteiger partial charge on any atom is 0.411 e. The van der Waals surface area contributed by atoms with Gasteiger partial charge in [-0.1, -0.05) is 11.6 Å². The Morgan fingerprint density at radius 2 is 1.96 bits per heavy atom. The number of hydrogen-bond donors (Lipinski definition) is 1. The van der Waals surface area contributed by atoms with Gasteiger partial charge in [-0.25, -0.2) is 9.18 Å². The van der Waals surface area contributed by atoms with Crippen LogP contribution in [0.25, 0.3) is 0 Å². The van der Waals surface area contributed by atoms with Gasteiger partial charge in [0.05, 0.1) is 13.0 Å². The zero-order valence-corrected chi connectivity index (χ0v) is 14.7. The number of ether oxygens (including phenoxy) is 1. The fourth-order valence-electron chi connectivity index (χ4n) is 3.40. The summed E-state index contributed by atoms with van der Waals surface area (Å²) in [5.41, 5.74) is -0.244. The first-order chi connectivity index (χ1) is 12.3.